The van der Waals surface area contributed by atoms with Crippen molar-refractivity contribution in [3.8, 4) is 0 Å². The molecule has 2 fully saturated rings. The molecule has 2 aliphatic heterocycles. The minimum Gasteiger partial charge on any atom is -0.337 e. The van der Waals surface area contributed by atoms with Gasteiger partial charge in [-0.25, -0.2) is 8.42 Å². The highest BCUT2D eigenvalue weighted by Crippen LogP contribution is 2.28. The van der Waals surface area contributed by atoms with Gasteiger partial charge in [0.05, 0.1) is 0 Å². The zero-order valence-corrected chi connectivity index (χ0v) is 20.3. The molecule has 1 aromatic carbocycles. The van der Waals surface area contributed by atoms with Crippen molar-refractivity contribution in [1.29, 1.82) is 0 Å². The predicted molar refractivity (Wildman–Crippen MR) is 127 cm³/mol. The molecular formula is C22H29N3O3S3. The van der Waals surface area contributed by atoms with Gasteiger partial charge in [-0.2, -0.15) is 16.1 Å². The Morgan fingerprint density at radius 2 is 1.77 bits per heavy atom. The van der Waals surface area contributed by atoms with E-state index in [1.54, 1.807) is 23.2 Å². The van der Waals surface area contributed by atoms with E-state index in [1.165, 1.54) is 26.8 Å². The second-order valence-electron chi connectivity index (χ2n) is 7.98. The highest BCUT2D eigenvalue weighted by atomic mass is 32.2. The van der Waals surface area contributed by atoms with Crippen molar-refractivity contribution >= 4 is 39.0 Å². The van der Waals surface area contributed by atoms with E-state index in [2.05, 4.69) is 36.1 Å². The molecule has 0 aliphatic carbocycles. The highest BCUT2D eigenvalue weighted by molar-refractivity contribution is 7.99. The molecule has 0 spiro atoms. The summed E-state index contributed by atoms with van der Waals surface area (Å²) in [7, 11) is -3.63. The molecule has 0 saturated carbocycles. The lowest BCUT2D eigenvalue weighted by molar-refractivity contribution is 0.0762. The standard InChI is InChI=1S/C22H29N3O3S3/c1-18-5-2-3-6-19(18)17-23-8-4-9-24(11-10-23)22(26)21-20(7-14-30-21)31(27,28)25-12-15-29-16-13-25/h2-3,5-7,14H,4,8-13,15-17H2,1H3. The summed E-state index contributed by atoms with van der Waals surface area (Å²) < 4.78 is 27.8. The van der Waals surface area contributed by atoms with Crippen LogP contribution in [0.1, 0.15) is 27.2 Å². The summed E-state index contributed by atoms with van der Waals surface area (Å²) in [6, 6.07) is 10.00. The SMILES string of the molecule is Cc1ccccc1CN1CCCN(C(=O)c2sccc2S(=O)(=O)N2CCSCC2)CC1. The van der Waals surface area contributed by atoms with Crippen molar-refractivity contribution in [3.05, 3.63) is 51.7 Å². The third kappa shape index (κ3) is 5.17. The number of sulfonamides is 1. The monoisotopic (exact) mass is 479 g/mol. The van der Waals surface area contributed by atoms with Gasteiger partial charge in [-0.1, -0.05) is 24.3 Å². The van der Waals surface area contributed by atoms with Gasteiger partial charge in [0, 0.05) is 57.3 Å². The molecule has 0 radical (unpaired) electrons. The number of amides is 1. The van der Waals surface area contributed by atoms with Gasteiger partial charge in [0.25, 0.3) is 5.91 Å². The summed E-state index contributed by atoms with van der Waals surface area (Å²) in [5.74, 6) is 1.45. The quantitative estimate of drug-likeness (QED) is 0.659. The maximum Gasteiger partial charge on any atom is 0.265 e. The van der Waals surface area contributed by atoms with Gasteiger partial charge in [0.1, 0.15) is 9.77 Å². The zero-order valence-electron chi connectivity index (χ0n) is 17.8. The predicted octanol–water partition coefficient (Wildman–Crippen LogP) is 3.14. The van der Waals surface area contributed by atoms with Crippen LogP contribution in [0.5, 0.6) is 0 Å². The first kappa shape index (κ1) is 22.8. The fraction of sp³-hybridized carbons (Fsp3) is 0.500. The Bertz CT molecular complexity index is 1020. The maximum atomic E-state index is 13.3. The largest absolute Gasteiger partial charge is 0.337 e. The summed E-state index contributed by atoms with van der Waals surface area (Å²) in [6.45, 7) is 7.00. The number of nitrogens with zero attached hydrogens (tertiary/aromatic N) is 3. The van der Waals surface area contributed by atoms with Gasteiger partial charge < -0.3 is 4.90 Å². The number of hydrogen-bond donors (Lipinski definition) is 0. The first-order valence-corrected chi connectivity index (χ1v) is 14.2. The van der Waals surface area contributed by atoms with Crippen molar-refractivity contribution in [3.63, 3.8) is 0 Å². The van der Waals surface area contributed by atoms with E-state index < -0.39 is 10.0 Å². The molecule has 6 nitrogen and oxygen atoms in total. The maximum absolute atomic E-state index is 13.3. The van der Waals surface area contributed by atoms with E-state index in [9.17, 15) is 13.2 Å². The second kappa shape index (κ2) is 10.0. The molecule has 3 heterocycles. The van der Waals surface area contributed by atoms with Crippen LogP contribution < -0.4 is 0 Å². The van der Waals surface area contributed by atoms with E-state index >= 15 is 0 Å². The highest BCUT2D eigenvalue weighted by Gasteiger charge is 2.33. The number of carbonyl (C=O) groups excluding carboxylic acids is 1. The average Bonchev–Trinajstić information content (AvgIpc) is 3.17. The number of carbonyl (C=O) groups is 1. The average molecular weight is 480 g/mol. The number of hydrogen-bond acceptors (Lipinski definition) is 6. The lowest BCUT2D eigenvalue weighted by Crippen LogP contribution is -2.39. The van der Waals surface area contributed by atoms with E-state index in [4.69, 9.17) is 0 Å². The Balaban J connectivity index is 1.45. The lowest BCUT2D eigenvalue weighted by Gasteiger charge is -2.26. The molecular weight excluding hydrogens is 450 g/mol. The van der Waals surface area contributed by atoms with Crippen molar-refractivity contribution in [1.82, 2.24) is 14.1 Å². The normalized spacial score (nSPS) is 19.3. The van der Waals surface area contributed by atoms with Crippen LogP contribution in [0.3, 0.4) is 0 Å². The van der Waals surface area contributed by atoms with Crippen LogP contribution in [0.15, 0.2) is 40.6 Å². The molecule has 2 saturated heterocycles. The first-order valence-electron chi connectivity index (χ1n) is 10.7. The van der Waals surface area contributed by atoms with Gasteiger partial charge in [-0.05, 0) is 35.9 Å². The van der Waals surface area contributed by atoms with Crippen molar-refractivity contribution in [2.24, 2.45) is 0 Å². The summed E-state index contributed by atoms with van der Waals surface area (Å²) in [4.78, 5) is 18.1. The molecule has 1 aromatic heterocycles. The third-order valence-corrected chi connectivity index (χ3v) is 9.86. The Morgan fingerprint density at radius 3 is 2.55 bits per heavy atom. The van der Waals surface area contributed by atoms with Crippen LogP contribution in [0.2, 0.25) is 0 Å². The molecule has 0 N–H and O–H groups in total. The van der Waals surface area contributed by atoms with Crippen LogP contribution in [-0.4, -0.2) is 79.2 Å². The van der Waals surface area contributed by atoms with Gasteiger partial charge in [0.15, 0.2) is 0 Å². The minimum atomic E-state index is -3.63. The van der Waals surface area contributed by atoms with E-state index in [1.807, 2.05) is 4.90 Å². The molecule has 0 unspecified atom stereocenters. The number of rotatable bonds is 5. The zero-order chi connectivity index (χ0) is 21.8. The van der Waals surface area contributed by atoms with Crippen LogP contribution >= 0.6 is 23.1 Å². The fourth-order valence-corrected chi connectivity index (χ4v) is 8.02. The summed E-state index contributed by atoms with van der Waals surface area (Å²) in [6.07, 6.45) is 0.883. The van der Waals surface area contributed by atoms with E-state index in [0.29, 0.717) is 31.1 Å². The van der Waals surface area contributed by atoms with E-state index in [0.717, 1.165) is 37.6 Å². The number of thiophene rings is 1. The van der Waals surface area contributed by atoms with Crippen molar-refractivity contribution in [2.75, 3.05) is 50.8 Å². The minimum absolute atomic E-state index is 0.155. The molecule has 2 aliphatic rings. The van der Waals surface area contributed by atoms with Crippen LogP contribution in [0, 0.1) is 6.92 Å². The van der Waals surface area contributed by atoms with Gasteiger partial charge in [-0.15, -0.1) is 11.3 Å². The Hall–Kier alpha value is -1.39. The smallest absolute Gasteiger partial charge is 0.265 e. The van der Waals surface area contributed by atoms with Crippen LogP contribution in [0.4, 0.5) is 0 Å². The topological polar surface area (TPSA) is 60.9 Å². The number of benzene rings is 1. The van der Waals surface area contributed by atoms with Gasteiger partial charge in [0.2, 0.25) is 10.0 Å². The number of aryl methyl sites for hydroxylation is 1. The van der Waals surface area contributed by atoms with Gasteiger partial charge >= 0.3 is 0 Å². The Kier molecular flexibility index (Phi) is 7.38. The molecule has 9 heteroatoms. The summed E-state index contributed by atoms with van der Waals surface area (Å²) in [5, 5.41) is 1.72. The Labute approximate surface area is 193 Å². The molecule has 1 amide bonds. The fourth-order valence-electron chi connectivity index (χ4n) is 4.09. The molecule has 0 bridgehead atoms. The Morgan fingerprint density at radius 1 is 1.00 bits per heavy atom. The molecule has 0 atom stereocenters. The van der Waals surface area contributed by atoms with Gasteiger partial charge in [-0.3, -0.25) is 9.69 Å². The van der Waals surface area contributed by atoms with Crippen molar-refractivity contribution < 1.29 is 13.2 Å². The number of thioether (sulfide) groups is 1. The van der Waals surface area contributed by atoms with Crippen LogP contribution in [0.25, 0.3) is 0 Å². The molecule has 168 valence electrons. The summed E-state index contributed by atoms with van der Waals surface area (Å²) in [5.41, 5.74) is 2.60. The third-order valence-electron chi connectivity index (χ3n) is 5.94. The van der Waals surface area contributed by atoms with Crippen molar-refractivity contribution in [2.45, 2.75) is 24.8 Å². The summed E-state index contributed by atoms with van der Waals surface area (Å²) >= 11 is 3.00. The molecule has 4 rings (SSSR count). The molecule has 31 heavy (non-hydrogen) atoms. The van der Waals surface area contributed by atoms with E-state index in [-0.39, 0.29) is 10.8 Å². The molecule has 2 aromatic rings. The second-order valence-corrected chi connectivity index (χ2v) is 12.0. The van der Waals surface area contributed by atoms with Crippen LogP contribution in [-0.2, 0) is 16.6 Å². The lowest BCUT2D eigenvalue weighted by atomic mass is 10.1. The first-order chi connectivity index (χ1) is 15.0.